The average Bonchev–Trinajstić information content (AvgIpc) is 2.41. The number of nitrogens with zero attached hydrogens (tertiary/aromatic N) is 2. The number of carboxylic acids is 1. The number of hydrogen-bond acceptors (Lipinski definition) is 3. The van der Waals surface area contributed by atoms with Gasteiger partial charge in [0.25, 0.3) is 5.91 Å². The highest BCUT2D eigenvalue weighted by atomic mass is 35.5. The maximum Gasteiger partial charge on any atom is 0.329 e. The molecule has 5 nitrogen and oxygen atoms in total. The summed E-state index contributed by atoms with van der Waals surface area (Å²) in [5.74, 6) is -2.37. The number of carbonyl (C=O) groups excluding carboxylic acids is 1. The topological polar surface area (TPSA) is 70.5 Å². The van der Waals surface area contributed by atoms with E-state index in [9.17, 15) is 19.1 Å². The lowest BCUT2D eigenvalue weighted by Gasteiger charge is -2.41. The van der Waals surface area contributed by atoms with Gasteiger partial charge in [-0.1, -0.05) is 11.6 Å². The normalized spacial score (nSPS) is 22.6. The van der Waals surface area contributed by atoms with Crippen molar-refractivity contribution in [1.29, 1.82) is 0 Å². The number of rotatable bonds is 2. The molecule has 1 aromatic heterocycles. The van der Waals surface area contributed by atoms with Gasteiger partial charge in [-0.05, 0) is 32.3 Å². The first kappa shape index (κ1) is 14.7. The number of likely N-dealkylation sites (tertiary alicyclic amines) is 1. The predicted molar refractivity (Wildman–Crippen MR) is 70.1 cm³/mol. The van der Waals surface area contributed by atoms with Crippen LogP contribution in [0.3, 0.4) is 0 Å². The van der Waals surface area contributed by atoms with Crippen molar-refractivity contribution < 1.29 is 19.1 Å². The van der Waals surface area contributed by atoms with Crippen LogP contribution in [0.5, 0.6) is 0 Å². The van der Waals surface area contributed by atoms with E-state index in [1.54, 1.807) is 0 Å². The smallest absolute Gasteiger partial charge is 0.329 e. The third-order valence-corrected chi connectivity index (χ3v) is 3.93. The monoisotopic (exact) mass is 300 g/mol. The molecule has 0 saturated carbocycles. The Balaban J connectivity index is 2.40. The molecule has 1 amide bonds. The van der Waals surface area contributed by atoms with Crippen LogP contribution in [0, 0.1) is 5.82 Å². The van der Waals surface area contributed by atoms with E-state index in [1.165, 1.54) is 11.8 Å². The highest BCUT2D eigenvalue weighted by Gasteiger charge is 2.44. The molecule has 1 unspecified atom stereocenters. The Kier molecular flexibility index (Phi) is 3.94. The maximum absolute atomic E-state index is 13.2. The number of amides is 1. The van der Waals surface area contributed by atoms with Gasteiger partial charge in [0, 0.05) is 6.54 Å². The van der Waals surface area contributed by atoms with E-state index < -0.39 is 23.2 Å². The summed E-state index contributed by atoms with van der Waals surface area (Å²) in [6.07, 6.45) is 2.69. The van der Waals surface area contributed by atoms with Crippen LogP contribution in [0.2, 0.25) is 5.15 Å². The standard InChI is InChI=1S/C13H14ClFN2O3/c1-13(12(19)20)4-2-3-5-17(13)11(18)9-6-8(15)7-16-10(9)14/h6-7H,2-5H2,1H3,(H,19,20). The lowest BCUT2D eigenvalue weighted by atomic mass is 9.88. The molecule has 0 aliphatic carbocycles. The third-order valence-electron chi connectivity index (χ3n) is 3.63. The van der Waals surface area contributed by atoms with Gasteiger partial charge < -0.3 is 10.0 Å². The Morgan fingerprint density at radius 2 is 2.20 bits per heavy atom. The van der Waals surface area contributed by atoms with Gasteiger partial charge in [-0.15, -0.1) is 0 Å². The third kappa shape index (κ3) is 2.47. The first-order valence-corrected chi connectivity index (χ1v) is 6.60. The first-order valence-electron chi connectivity index (χ1n) is 6.22. The highest BCUT2D eigenvalue weighted by molar-refractivity contribution is 6.32. The summed E-state index contributed by atoms with van der Waals surface area (Å²) in [6.45, 7) is 1.79. The van der Waals surface area contributed by atoms with E-state index in [0.717, 1.165) is 18.7 Å². The molecule has 0 spiro atoms. The van der Waals surface area contributed by atoms with Crippen LogP contribution in [0.25, 0.3) is 0 Å². The van der Waals surface area contributed by atoms with E-state index in [4.69, 9.17) is 11.6 Å². The summed E-state index contributed by atoms with van der Waals surface area (Å²) in [5.41, 5.74) is -1.41. The fourth-order valence-electron chi connectivity index (χ4n) is 2.39. The molecule has 7 heteroatoms. The second-order valence-corrected chi connectivity index (χ2v) is 5.34. The van der Waals surface area contributed by atoms with Gasteiger partial charge in [-0.25, -0.2) is 14.2 Å². The highest BCUT2D eigenvalue weighted by Crippen LogP contribution is 2.30. The Morgan fingerprint density at radius 1 is 1.50 bits per heavy atom. The molecule has 108 valence electrons. The average molecular weight is 301 g/mol. The molecule has 1 saturated heterocycles. The van der Waals surface area contributed by atoms with Crippen molar-refractivity contribution in [3.8, 4) is 0 Å². The van der Waals surface area contributed by atoms with Crippen LogP contribution in [0.15, 0.2) is 12.3 Å². The van der Waals surface area contributed by atoms with Gasteiger partial charge in [-0.3, -0.25) is 4.79 Å². The molecule has 1 aromatic rings. The van der Waals surface area contributed by atoms with E-state index in [2.05, 4.69) is 4.98 Å². The summed E-state index contributed by atoms with van der Waals surface area (Å²) >= 11 is 5.81. The SMILES string of the molecule is CC1(C(=O)O)CCCCN1C(=O)c1cc(F)cnc1Cl. The zero-order chi connectivity index (χ0) is 14.9. The quantitative estimate of drug-likeness (QED) is 0.851. The van der Waals surface area contributed by atoms with Crippen LogP contribution in [0.1, 0.15) is 36.5 Å². The van der Waals surface area contributed by atoms with Gasteiger partial charge in [0.1, 0.15) is 16.5 Å². The predicted octanol–water partition coefficient (Wildman–Crippen LogP) is 2.34. The van der Waals surface area contributed by atoms with Crippen LogP contribution in [-0.4, -0.2) is 39.0 Å². The lowest BCUT2D eigenvalue weighted by molar-refractivity contribution is -0.150. The lowest BCUT2D eigenvalue weighted by Crippen LogP contribution is -2.57. The molecule has 1 aliphatic heterocycles. The molecular weight excluding hydrogens is 287 g/mol. The maximum atomic E-state index is 13.2. The summed E-state index contributed by atoms with van der Waals surface area (Å²) in [4.78, 5) is 28.7. The van der Waals surface area contributed by atoms with Crippen molar-refractivity contribution in [2.45, 2.75) is 31.7 Å². The second-order valence-electron chi connectivity index (χ2n) is 4.98. The molecule has 0 radical (unpaired) electrons. The van der Waals surface area contributed by atoms with Crippen molar-refractivity contribution >= 4 is 23.5 Å². The first-order chi connectivity index (χ1) is 9.36. The van der Waals surface area contributed by atoms with Crippen LogP contribution >= 0.6 is 11.6 Å². The van der Waals surface area contributed by atoms with Gasteiger partial charge in [0.2, 0.25) is 0 Å². The zero-order valence-corrected chi connectivity index (χ0v) is 11.7. The minimum Gasteiger partial charge on any atom is -0.480 e. The second kappa shape index (κ2) is 5.36. The van der Waals surface area contributed by atoms with Crippen molar-refractivity contribution in [1.82, 2.24) is 9.88 Å². The van der Waals surface area contributed by atoms with E-state index in [-0.39, 0.29) is 10.7 Å². The summed E-state index contributed by atoms with van der Waals surface area (Å²) in [6, 6.07) is 0.981. The summed E-state index contributed by atoms with van der Waals surface area (Å²) in [5, 5.41) is 9.24. The number of pyridine rings is 1. The van der Waals surface area contributed by atoms with Crippen LogP contribution in [0.4, 0.5) is 4.39 Å². The zero-order valence-electron chi connectivity index (χ0n) is 10.9. The van der Waals surface area contributed by atoms with Gasteiger partial charge in [0.15, 0.2) is 0 Å². The number of carbonyl (C=O) groups is 2. The summed E-state index contributed by atoms with van der Waals surface area (Å²) < 4.78 is 13.2. The molecule has 1 atom stereocenters. The fourth-order valence-corrected chi connectivity index (χ4v) is 2.57. The van der Waals surface area contributed by atoms with Crippen molar-refractivity contribution in [3.05, 3.63) is 28.8 Å². The molecule has 0 aromatic carbocycles. The van der Waals surface area contributed by atoms with Gasteiger partial charge in [-0.2, -0.15) is 0 Å². The van der Waals surface area contributed by atoms with E-state index in [0.29, 0.717) is 19.4 Å². The van der Waals surface area contributed by atoms with Crippen molar-refractivity contribution in [2.75, 3.05) is 6.54 Å². The number of aromatic nitrogens is 1. The molecular formula is C13H14ClFN2O3. The fraction of sp³-hybridized carbons (Fsp3) is 0.462. The number of piperidine rings is 1. The molecule has 1 fully saturated rings. The molecule has 0 bridgehead atoms. The Hall–Kier alpha value is -1.69. The Bertz CT molecular complexity index is 567. The molecule has 2 heterocycles. The largest absolute Gasteiger partial charge is 0.480 e. The Morgan fingerprint density at radius 3 is 2.85 bits per heavy atom. The molecule has 2 rings (SSSR count). The minimum atomic E-state index is -1.30. The summed E-state index contributed by atoms with van der Waals surface area (Å²) in [7, 11) is 0. The van der Waals surface area contributed by atoms with Crippen LogP contribution < -0.4 is 0 Å². The van der Waals surface area contributed by atoms with Gasteiger partial charge >= 0.3 is 5.97 Å². The van der Waals surface area contributed by atoms with Gasteiger partial charge in [0.05, 0.1) is 11.8 Å². The Labute approximate surface area is 120 Å². The van der Waals surface area contributed by atoms with Crippen molar-refractivity contribution in [2.24, 2.45) is 0 Å². The number of halogens is 2. The molecule has 1 aliphatic rings. The molecule has 20 heavy (non-hydrogen) atoms. The minimum absolute atomic E-state index is 0.110. The van der Waals surface area contributed by atoms with E-state index >= 15 is 0 Å². The molecule has 1 N–H and O–H groups in total. The number of carboxylic acid groups (broad SMARTS) is 1. The van der Waals surface area contributed by atoms with E-state index in [1.807, 2.05) is 0 Å². The number of hydrogen-bond donors (Lipinski definition) is 1. The number of aliphatic carboxylic acids is 1. The van der Waals surface area contributed by atoms with Crippen LogP contribution in [-0.2, 0) is 4.79 Å². The van der Waals surface area contributed by atoms with Crippen molar-refractivity contribution in [3.63, 3.8) is 0 Å².